The van der Waals surface area contributed by atoms with Gasteiger partial charge in [0, 0.05) is 6.54 Å². The minimum absolute atomic E-state index is 0.768. The van der Waals surface area contributed by atoms with Crippen LogP contribution < -0.4 is 14.8 Å². The zero-order chi connectivity index (χ0) is 19.1. The smallest absolute Gasteiger partial charge is 0.160 e. The highest BCUT2D eigenvalue weighted by Crippen LogP contribution is 2.30. The van der Waals surface area contributed by atoms with E-state index in [2.05, 4.69) is 52.0 Å². The first-order chi connectivity index (χ1) is 13.2. The van der Waals surface area contributed by atoms with Crippen molar-refractivity contribution in [1.29, 1.82) is 0 Å². The van der Waals surface area contributed by atoms with Crippen molar-refractivity contribution in [3.63, 3.8) is 0 Å². The molecule has 0 aliphatic carbocycles. The van der Waals surface area contributed by atoms with Gasteiger partial charge in [-0.05, 0) is 87.9 Å². The van der Waals surface area contributed by atoms with E-state index in [4.69, 9.17) is 9.47 Å². The molecule has 0 spiro atoms. The number of hydrogen-bond donors (Lipinski definition) is 1. The molecule has 0 aliphatic rings. The summed E-state index contributed by atoms with van der Waals surface area (Å²) >= 11 is 3.48. The summed E-state index contributed by atoms with van der Waals surface area (Å²) < 4.78 is 10.7. The first kappa shape index (κ1) is 19.7. The average molecular weight is 400 g/mol. The summed E-state index contributed by atoms with van der Waals surface area (Å²) in [5, 5.41) is 12.3. The zero-order valence-electron chi connectivity index (χ0n) is 16.0. The minimum atomic E-state index is 0.768. The Bertz CT molecular complexity index is 832. The molecule has 2 heterocycles. The monoisotopic (exact) mass is 399 g/mol. The fraction of sp³-hybridized carbons (Fsp3) is 0.273. The predicted octanol–water partition coefficient (Wildman–Crippen LogP) is 5.48. The zero-order valence-corrected chi connectivity index (χ0v) is 17.6. The molecule has 0 aliphatic heterocycles. The maximum absolute atomic E-state index is 5.38. The first-order valence-corrected chi connectivity index (χ1v) is 10.8. The molecule has 0 fully saturated rings. The van der Waals surface area contributed by atoms with Gasteiger partial charge in [0.1, 0.15) is 0 Å². The SMILES string of the molecule is COc1ccc(CCNCC(C)=C(c2ccsc2)c2ccsc2)cc1OC. The highest BCUT2D eigenvalue weighted by Gasteiger charge is 2.10. The lowest BCUT2D eigenvalue weighted by molar-refractivity contribution is 0.354. The molecular weight excluding hydrogens is 374 g/mol. The van der Waals surface area contributed by atoms with Crippen molar-refractivity contribution in [1.82, 2.24) is 5.32 Å². The largest absolute Gasteiger partial charge is 0.493 e. The molecule has 1 aromatic carbocycles. The molecule has 3 rings (SSSR count). The van der Waals surface area contributed by atoms with Crippen LogP contribution in [-0.4, -0.2) is 27.3 Å². The van der Waals surface area contributed by atoms with Crippen LogP contribution in [0, 0.1) is 0 Å². The number of methoxy groups -OCH3 is 2. The Hall–Kier alpha value is -2.08. The van der Waals surface area contributed by atoms with E-state index in [1.54, 1.807) is 36.9 Å². The summed E-state index contributed by atoms with van der Waals surface area (Å²) in [5.41, 5.74) is 6.54. The van der Waals surface area contributed by atoms with Gasteiger partial charge in [0.2, 0.25) is 0 Å². The molecule has 0 amide bonds. The van der Waals surface area contributed by atoms with Crippen LogP contribution >= 0.6 is 22.7 Å². The molecule has 0 unspecified atom stereocenters. The number of benzene rings is 1. The Morgan fingerprint density at radius 1 is 0.926 bits per heavy atom. The number of thiophene rings is 2. The van der Waals surface area contributed by atoms with Crippen molar-refractivity contribution in [2.45, 2.75) is 13.3 Å². The van der Waals surface area contributed by atoms with E-state index >= 15 is 0 Å². The van der Waals surface area contributed by atoms with E-state index in [1.165, 1.54) is 27.8 Å². The summed E-state index contributed by atoms with van der Waals surface area (Å²) in [6.45, 7) is 4.00. The van der Waals surface area contributed by atoms with Crippen LogP contribution in [0.25, 0.3) is 5.57 Å². The van der Waals surface area contributed by atoms with Gasteiger partial charge in [-0.2, -0.15) is 22.7 Å². The Kier molecular flexibility index (Phi) is 7.10. The Morgan fingerprint density at radius 2 is 1.59 bits per heavy atom. The summed E-state index contributed by atoms with van der Waals surface area (Å²) in [6.07, 6.45) is 0.944. The molecule has 3 nitrogen and oxygen atoms in total. The maximum atomic E-state index is 5.38. The van der Waals surface area contributed by atoms with Gasteiger partial charge in [0.25, 0.3) is 0 Å². The highest BCUT2D eigenvalue weighted by atomic mass is 32.1. The van der Waals surface area contributed by atoms with Gasteiger partial charge in [0.05, 0.1) is 14.2 Å². The first-order valence-electron chi connectivity index (χ1n) is 8.89. The van der Waals surface area contributed by atoms with E-state index in [-0.39, 0.29) is 0 Å². The second kappa shape index (κ2) is 9.74. The maximum Gasteiger partial charge on any atom is 0.160 e. The molecule has 142 valence electrons. The minimum Gasteiger partial charge on any atom is -0.493 e. The van der Waals surface area contributed by atoms with Gasteiger partial charge < -0.3 is 14.8 Å². The van der Waals surface area contributed by atoms with Crippen molar-refractivity contribution < 1.29 is 9.47 Å². The highest BCUT2D eigenvalue weighted by molar-refractivity contribution is 7.08. The van der Waals surface area contributed by atoms with Gasteiger partial charge in [-0.25, -0.2) is 0 Å². The number of ether oxygens (including phenoxy) is 2. The Labute approximate surface area is 169 Å². The van der Waals surface area contributed by atoms with Crippen LogP contribution in [0.5, 0.6) is 11.5 Å². The summed E-state index contributed by atoms with van der Waals surface area (Å²) in [5.74, 6) is 1.55. The number of hydrogen-bond acceptors (Lipinski definition) is 5. The molecule has 3 aromatic rings. The summed E-state index contributed by atoms with van der Waals surface area (Å²) in [4.78, 5) is 0. The van der Waals surface area contributed by atoms with E-state index in [0.29, 0.717) is 0 Å². The molecule has 0 saturated heterocycles. The summed E-state index contributed by atoms with van der Waals surface area (Å²) in [7, 11) is 3.33. The third-order valence-corrected chi connectivity index (χ3v) is 5.84. The van der Waals surface area contributed by atoms with Crippen LogP contribution in [0.2, 0.25) is 0 Å². The number of rotatable bonds is 9. The standard InChI is InChI=1S/C22H25NO2S2/c1-16(22(18-7-10-26-14-18)19-8-11-27-15-19)13-23-9-6-17-4-5-20(24-2)21(12-17)25-3/h4-5,7-8,10-12,14-15,23H,6,9,13H2,1-3H3. The third-order valence-electron chi connectivity index (χ3n) is 4.48. The molecular formula is C22H25NO2S2. The van der Waals surface area contributed by atoms with Crippen LogP contribution in [-0.2, 0) is 6.42 Å². The topological polar surface area (TPSA) is 30.5 Å². The van der Waals surface area contributed by atoms with Crippen molar-refractivity contribution >= 4 is 28.2 Å². The lowest BCUT2D eigenvalue weighted by atomic mass is 9.98. The molecule has 0 bridgehead atoms. The third kappa shape index (κ3) is 5.01. The molecule has 27 heavy (non-hydrogen) atoms. The second-order valence-electron chi connectivity index (χ2n) is 6.30. The van der Waals surface area contributed by atoms with Crippen LogP contribution in [0.4, 0.5) is 0 Å². The van der Waals surface area contributed by atoms with Gasteiger partial charge >= 0.3 is 0 Å². The molecule has 5 heteroatoms. The van der Waals surface area contributed by atoms with Crippen LogP contribution in [0.3, 0.4) is 0 Å². The van der Waals surface area contributed by atoms with E-state index in [0.717, 1.165) is 31.0 Å². The molecule has 0 radical (unpaired) electrons. The van der Waals surface area contributed by atoms with Gasteiger partial charge in [-0.1, -0.05) is 11.6 Å². The van der Waals surface area contributed by atoms with E-state index < -0.39 is 0 Å². The average Bonchev–Trinajstić information content (AvgIpc) is 3.40. The van der Waals surface area contributed by atoms with Crippen LogP contribution in [0.15, 0.2) is 57.4 Å². The quantitative estimate of drug-likeness (QED) is 0.483. The molecule has 0 saturated carbocycles. The normalized spacial score (nSPS) is 10.6. The van der Waals surface area contributed by atoms with Gasteiger partial charge in [-0.3, -0.25) is 0 Å². The van der Waals surface area contributed by atoms with E-state index in [9.17, 15) is 0 Å². The fourth-order valence-corrected chi connectivity index (χ4v) is 4.40. The lowest BCUT2D eigenvalue weighted by Crippen LogP contribution is -2.20. The molecule has 1 N–H and O–H groups in total. The lowest BCUT2D eigenvalue weighted by Gasteiger charge is -2.13. The van der Waals surface area contributed by atoms with Gasteiger partial charge in [-0.15, -0.1) is 0 Å². The second-order valence-corrected chi connectivity index (χ2v) is 7.86. The summed E-state index contributed by atoms with van der Waals surface area (Å²) in [6, 6.07) is 10.5. The van der Waals surface area contributed by atoms with Crippen molar-refractivity contribution in [3.8, 4) is 11.5 Å². The Morgan fingerprint density at radius 3 is 2.15 bits per heavy atom. The van der Waals surface area contributed by atoms with E-state index in [1.807, 2.05) is 12.1 Å². The molecule has 2 aromatic heterocycles. The van der Waals surface area contributed by atoms with Crippen LogP contribution in [0.1, 0.15) is 23.6 Å². The fourth-order valence-electron chi connectivity index (χ4n) is 3.11. The van der Waals surface area contributed by atoms with Crippen molar-refractivity contribution in [3.05, 3.63) is 74.1 Å². The van der Waals surface area contributed by atoms with Crippen molar-refractivity contribution in [2.75, 3.05) is 27.3 Å². The predicted molar refractivity (Wildman–Crippen MR) is 116 cm³/mol. The van der Waals surface area contributed by atoms with Crippen molar-refractivity contribution in [2.24, 2.45) is 0 Å². The molecule has 0 atom stereocenters. The number of nitrogens with one attached hydrogen (secondary N) is 1. The van der Waals surface area contributed by atoms with Gasteiger partial charge in [0.15, 0.2) is 11.5 Å². The Balaban J connectivity index is 1.63.